The summed E-state index contributed by atoms with van der Waals surface area (Å²) in [6.45, 7) is 1.31. The number of nitrogens with zero attached hydrogens (tertiary/aromatic N) is 1. The van der Waals surface area contributed by atoms with E-state index in [-0.39, 0.29) is 16.7 Å². The highest BCUT2D eigenvalue weighted by atomic mass is 32.1. The van der Waals surface area contributed by atoms with Crippen molar-refractivity contribution >= 4 is 35.1 Å². The van der Waals surface area contributed by atoms with Crippen molar-refractivity contribution in [1.82, 2.24) is 5.43 Å². The minimum absolute atomic E-state index is 0.0246. The van der Waals surface area contributed by atoms with Gasteiger partial charge in [0.25, 0.3) is 0 Å². The number of anilines is 1. The Kier molecular flexibility index (Phi) is 4.53. The molecule has 0 fully saturated rings. The first-order chi connectivity index (χ1) is 7.99. The maximum atomic E-state index is 13.4. The van der Waals surface area contributed by atoms with Crippen LogP contribution in [0.25, 0.3) is 0 Å². The Balaban J connectivity index is 2.78. The van der Waals surface area contributed by atoms with Gasteiger partial charge in [-0.2, -0.15) is 5.10 Å². The minimum Gasteiger partial charge on any atom is -0.375 e. The summed E-state index contributed by atoms with van der Waals surface area (Å²) < 4.78 is 13.4. The molecule has 0 aliphatic rings. The molecule has 90 valence electrons. The van der Waals surface area contributed by atoms with Crippen molar-refractivity contribution in [3.63, 3.8) is 0 Å². The molecule has 7 heteroatoms. The number of rotatable bonds is 3. The summed E-state index contributed by atoms with van der Waals surface area (Å²) >= 11 is 4.54. The topological polar surface area (TPSA) is 79.5 Å². The van der Waals surface area contributed by atoms with Gasteiger partial charge in [-0.25, -0.2) is 4.39 Å². The summed E-state index contributed by atoms with van der Waals surface area (Å²) in [7, 11) is 0. The van der Waals surface area contributed by atoms with Gasteiger partial charge in [0, 0.05) is 6.92 Å². The highest BCUT2D eigenvalue weighted by Crippen LogP contribution is 2.14. The second-order valence-electron chi connectivity index (χ2n) is 3.15. The number of hydrogen-bond donors (Lipinski definition) is 3. The normalized spacial score (nSPS) is 10.2. The third-order valence-corrected chi connectivity index (χ3v) is 1.78. The monoisotopic (exact) mass is 254 g/mol. The van der Waals surface area contributed by atoms with Crippen LogP contribution in [0.5, 0.6) is 0 Å². The zero-order valence-corrected chi connectivity index (χ0v) is 9.84. The fourth-order valence-electron chi connectivity index (χ4n) is 1.07. The van der Waals surface area contributed by atoms with Gasteiger partial charge in [0.15, 0.2) is 5.11 Å². The molecule has 0 aromatic heterocycles. The van der Waals surface area contributed by atoms with Crippen LogP contribution in [0.2, 0.25) is 0 Å². The molecular weight excluding hydrogens is 243 g/mol. The van der Waals surface area contributed by atoms with E-state index in [1.807, 2.05) is 0 Å². The lowest BCUT2D eigenvalue weighted by Gasteiger charge is -2.04. The van der Waals surface area contributed by atoms with Crippen LogP contribution in [-0.4, -0.2) is 17.2 Å². The van der Waals surface area contributed by atoms with E-state index in [0.717, 1.165) is 0 Å². The molecule has 1 amide bonds. The summed E-state index contributed by atoms with van der Waals surface area (Å²) in [6, 6.07) is 4.27. The lowest BCUT2D eigenvalue weighted by atomic mass is 10.2. The van der Waals surface area contributed by atoms with Crippen molar-refractivity contribution in [3.05, 3.63) is 29.6 Å². The van der Waals surface area contributed by atoms with E-state index in [1.54, 1.807) is 6.07 Å². The van der Waals surface area contributed by atoms with Crippen molar-refractivity contribution in [3.8, 4) is 0 Å². The predicted octanol–water partition coefficient (Wildman–Crippen LogP) is 0.951. The molecule has 0 aliphatic heterocycles. The zero-order chi connectivity index (χ0) is 12.8. The third kappa shape index (κ3) is 4.56. The fraction of sp³-hybridized carbons (Fsp3) is 0.100. The molecule has 4 N–H and O–H groups in total. The van der Waals surface area contributed by atoms with E-state index in [4.69, 9.17) is 5.73 Å². The molecule has 0 bridgehead atoms. The van der Waals surface area contributed by atoms with Gasteiger partial charge in [-0.05, 0) is 29.9 Å². The van der Waals surface area contributed by atoms with E-state index in [0.29, 0.717) is 5.56 Å². The van der Waals surface area contributed by atoms with Gasteiger partial charge in [-0.3, -0.25) is 10.2 Å². The number of benzene rings is 1. The van der Waals surface area contributed by atoms with Crippen molar-refractivity contribution in [1.29, 1.82) is 0 Å². The second-order valence-corrected chi connectivity index (χ2v) is 3.59. The molecule has 0 atom stereocenters. The lowest BCUT2D eigenvalue weighted by Crippen LogP contribution is -2.24. The van der Waals surface area contributed by atoms with E-state index in [2.05, 4.69) is 28.1 Å². The zero-order valence-electron chi connectivity index (χ0n) is 9.03. The van der Waals surface area contributed by atoms with Crippen LogP contribution in [-0.2, 0) is 4.79 Å². The molecule has 5 nitrogen and oxygen atoms in total. The van der Waals surface area contributed by atoms with Crippen LogP contribution in [0.1, 0.15) is 12.5 Å². The van der Waals surface area contributed by atoms with E-state index >= 15 is 0 Å². The standard InChI is InChI=1S/C10H11FN4OS/c1-6(16)14-9-3-2-7(4-8(9)11)5-13-15-10(12)17/h2-5H,1H3,(H,14,16)(H3,12,15,17). The van der Waals surface area contributed by atoms with Crippen LogP contribution in [0.3, 0.4) is 0 Å². The van der Waals surface area contributed by atoms with Crippen LogP contribution in [0.15, 0.2) is 23.3 Å². The van der Waals surface area contributed by atoms with Gasteiger partial charge in [-0.1, -0.05) is 6.07 Å². The van der Waals surface area contributed by atoms with E-state index in [1.165, 1.54) is 25.3 Å². The Hall–Kier alpha value is -2.02. The molecule has 1 aromatic rings. The Morgan fingerprint density at radius 2 is 2.29 bits per heavy atom. The van der Waals surface area contributed by atoms with Gasteiger partial charge in [0.05, 0.1) is 11.9 Å². The first-order valence-electron chi connectivity index (χ1n) is 4.64. The van der Waals surface area contributed by atoms with Crippen molar-refractivity contribution < 1.29 is 9.18 Å². The first-order valence-corrected chi connectivity index (χ1v) is 5.05. The number of thiocarbonyl (C=S) groups is 1. The third-order valence-electron chi connectivity index (χ3n) is 1.69. The smallest absolute Gasteiger partial charge is 0.221 e. The maximum absolute atomic E-state index is 13.4. The Morgan fingerprint density at radius 3 is 2.82 bits per heavy atom. The lowest BCUT2D eigenvalue weighted by molar-refractivity contribution is -0.114. The molecule has 0 radical (unpaired) electrons. The number of nitrogens with one attached hydrogen (secondary N) is 2. The summed E-state index contributed by atoms with van der Waals surface area (Å²) in [4.78, 5) is 10.8. The van der Waals surface area contributed by atoms with Gasteiger partial charge in [-0.15, -0.1) is 0 Å². The molecule has 17 heavy (non-hydrogen) atoms. The van der Waals surface area contributed by atoms with Crippen molar-refractivity contribution in [2.45, 2.75) is 6.92 Å². The molecule has 1 rings (SSSR count). The highest BCUT2D eigenvalue weighted by Gasteiger charge is 2.03. The van der Waals surface area contributed by atoms with Gasteiger partial charge in [0.1, 0.15) is 5.82 Å². The Bertz CT molecular complexity index is 475. The summed E-state index contributed by atoms with van der Waals surface area (Å²) in [5.41, 5.74) is 8.13. The summed E-state index contributed by atoms with van der Waals surface area (Å²) in [6.07, 6.45) is 1.36. The molecule has 0 spiro atoms. The number of carbonyl (C=O) groups is 1. The number of carbonyl (C=O) groups excluding carboxylic acids is 1. The number of nitrogens with two attached hydrogens (primary N) is 1. The van der Waals surface area contributed by atoms with Crippen LogP contribution in [0, 0.1) is 5.82 Å². The molecule has 0 saturated carbocycles. The molecule has 0 saturated heterocycles. The van der Waals surface area contributed by atoms with E-state index < -0.39 is 5.82 Å². The molecule has 0 unspecified atom stereocenters. The molecule has 0 aliphatic carbocycles. The van der Waals surface area contributed by atoms with Gasteiger partial charge in [0.2, 0.25) is 5.91 Å². The minimum atomic E-state index is -0.542. The van der Waals surface area contributed by atoms with Crippen molar-refractivity contribution in [2.24, 2.45) is 10.8 Å². The second kappa shape index (κ2) is 5.90. The summed E-state index contributed by atoms with van der Waals surface area (Å²) in [5, 5.41) is 6.06. The Labute approximate surface area is 103 Å². The first kappa shape index (κ1) is 13.0. The SMILES string of the molecule is CC(=O)Nc1ccc(C=NNC(N)=S)cc1F. The van der Waals surface area contributed by atoms with Crippen LogP contribution in [0.4, 0.5) is 10.1 Å². The van der Waals surface area contributed by atoms with Crippen LogP contribution >= 0.6 is 12.2 Å². The molecule has 1 aromatic carbocycles. The highest BCUT2D eigenvalue weighted by molar-refractivity contribution is 7.80. The number of hydrazone groups is 1. The predicted molar refractivity (Wildman–Crippen MR) is 68.2 cm³/mol. The van der Waals surface area contributed by atoms with Gasteiger partial charge >= 0.3 is 0 Å². The van der Waals surface area contributed by atoms with Crippen molar-refractivity contribution in [2.75, 3.05) is 5.32 Å². The average Bonchev–Trinajstić information content (AvgIpc) is 2.21. The number of hydrogen-bond acceptors (Lipinski definition) is 3. The van der Waals surface area contributed by atoms with Gasteiger partial charge < -0.3 is 11.1 Å². The van der Waals surface area contributed by atoms with E-state index in [9.17, 15) is 9.18 Å². The average molecular weight is 254 g/mol. The quantitative estimate of drug-likeness (QED) is 0.426. The fourth-order valence-corrected chi connectivity index (χ4v) is 1.13. The van der Waals surface area contributed by atoms with Crippen LogP contribution < -0.4 is 16.5 Å². The summed E-state index contributed by atoms with van der Waals surface area (Å²) in [5.74, 6) is -0.875. The Morgan fingerprint density at radius 1 is 1.59 bits per heavy atom. The molecule has 0 heterocycles. The largest absolute Gasteiger partial charge is 0.375 e. The molecular formula is C10H11FN4OS. The maximum Gasteiger partial charge on any atom is 0.221 e. The number of amides is 1. The number of halogens is 1.